The Labute approximate surface area is 143 Å². The van der Waals surface area contributed by atoms with E-state index < -0.39 is 11.9 Å². The van der Waals surface area contributed by atoms with E-state index in [4.69, 9.17) is 27.9 Å². The fraction of sp³-hybridized carbons (Fsp3) is 0.267. The van der Waals surface area contributed by atoms with E-state index in [-0.39, 0.29) is 39.2 Å². The summed E-state index contributed by atoms with van der Waals surface area (Å²) < 4.78 is 4.82. The normalized spacial score (nSPS) is 12.0. The smallest absolute Gasteiger partial charge is 0.343 e. The largest absolute Gasteiger partial charge is 0.512 e. The van der Waals surface area contributed by atoms with Crippen LogP contribution in [0, 0.1) is 0 Å². The van der Waals surface area contributed by atoms with Crippen molar-refractivity contribution in [2.45, 2.75) is 13.8 Å². The molecule has 0 unspecified atom stereocenters. The Morgan fingerprint density at radius 2 is 2.04 bits per heavy atom. The van der Waals surface area contributed by atoms with Gasteiger partial charge in [0, 0.05) is 13.3 Å². The van der Waals surface area contributed by atoms with Crippen molar-refractivity contribution in [3.8, 4) is 0 Å². The quantitative estimate of drug-likeness (QED) is 0.365. The molecule has 0 aliphatic carbocycles. The van der Waals surface area contributed by atoms with Gasteiger partial charge in [0.15, 0.2) is 0 Å². The summed E-state index contributed by atoms with van der Waals surface area (Å²) in [5, 5.41) is 12.2. The van der Waals surface area contributed by atoms with Crippen molar-refractivity contribution in [1.29, 1.82) is 0 Å². The molecule has 0 fully saturated rings. The van der Waals surface area contributed by atoms with Crippen molar-refractivity contribution < 1.29 is 19.4 Å². The van der Waals surface area contributed by atoms with Gasteiger partial charge in [0.2, 0.25) is 0 Å². The monoisotopic (exact) mass is 358 g/mol. The number of aliphatic hydroxyl groups excluding tert-OH is 1. The van der Waals surface area contributed by atoms with Gasteiger partial charge < -0.3 is 15.2 Å². The number of halogens is 2. The molecule has 0 spiro atoms. The first-order chi connectivity index (χ1) is 10.8. The molecule has 0 aromatic heterocycles. The van der Waals surface area contributed by atoms with Crippen LogP contribution in [0.4, 0.5) is 5.69 Å². The third-order valence-corrected chi connectivity index (χ3v) is 3.44. The van der Waals surface area contributed by atoms with Crippen LogP contribution < -0.4 is 5.32 Å². The van der Waals surface area contributed by atoms with Gasteiger partial charge in [-0.05, 0) is 26.0 Å². The van der Waals surface area contributed by atoms with E-state index in [1.54, 1.807) is 6.92 Å². The third kappa shape index (κ3) is 4.71. The molecule has 23 heavy (non-hydrogen) atoms. The van der Waals surface area contributed by atoms with Crippen molar-refractivity contribution in [3.63, 3.8) is 0 Å². The van der Waals surface area contributed by atoms with Crippen LogP contribution in [-0.4, -0.2) is 36.9 Å². The van der Waals surface area contributed by atoms with E-state index in [2.05, 4.69) is 10.3 Å². The first-order valence-electron chi connectivity index (χ1n) is 6.64. The molecule has 0 saturated carbocycles. The molecule has 0 aliphatic rings. The molecular formula is C15H16Cl2N2O4. The lowest BCUT2D eigenvalue weighted by molar-refractivity contribution is -0.138. The Bertz CT molecular complexity index is 680. The minimum absolute atomic E-state index is 0.0342. The summed E-state index contributed by atoms with van der Waals surface area (Å²) in [6.45, 7) is 3.13. The van der Waals surface area contributed by atoms with Gasteiger partial charge in [-0.25, -0.2) is 4.79 Å². The van der Waals surface area contributed by atoms with Crippen molar-refractivity contribution in [2.24, 2.45) is 4.99 Å². The zero-order valence-electron chi connectivity index (χ0n) is 12.8. The SMILES string of the molecule is CCOC(=O)C(C=Nc1ccc(Cl)c(C(=O)NC)c1Cl)=C(C)O. The van der Waals surface area contributed by atoms with Gasteiger partial charge in [0.1, 0.15) is 11.3 Å². The third-order valence-electron chi connectivity index (χ3n) is 2.74. The summed E-state index contributed by atoms with van der Waals surface area (Å²) in [4.78, 5) is 27.5. The summed E-state index contributed by atoms with van der Waals surface area (Å²) in [5.74, 6) is -1.42. The molecule has 0 aliphatic heterocycles. The zero-order valence-corrected chi connectivity index (χ0v) is 14.3. The second kappa shape index (κ2) is 8.55. The van der Waals surface area contributed by atoms with Crippen LogP contribution in [0.3, 0.4) is 0 Å². The molecule has 124 valence electrons. The number of hydrogen-bond donors (Lipinski definition) is 2. The standard InChI is InChI=1S/C15H16Cl2N2O4/c1-4-23-15(22)9(8(2)20)7-19-11-6-5-10(16)12(13(11)17)14(21)18-3/h5-7,20H,4H2,1-3H3,(H,18,21). The Morgan fingerprint density at radius 1 is 1.39 bits per heavy atom. The summed E-state index contributed by atoms with van der Waals surface area (Å²) >= 11 is 12.1. The molecule has 0 atom stereocenters. The van der Waals surface area contributed by atoms with Crippen molar-refractivity contribution in [2.75, 3.05) is 13.7 Å². The predicted octanol–water partition coefficient (Wildman–Crippen LogP) is 3.45. The molecule has 0 radical (unpaired) electrons. The van der Waals surface area contributed by atoms with Crippen molar-refractivity contribution >= 4 is 47.0 Å². The molecule has 2 N–H and O–H groups in total. The number of ether oxygens (including phenoxy) is 1. The van der Waals surface area contributed by atoms with E-state index in [0.717, 1.165) is 6.21 Å². The van der Waals surface area contributed by atoms with Crippen LogP contribution in [0.5, 0.6) is 0 Å². The van der Waals surface area contributed by atoms with Crippen LogP contribution in [-0.2, 0) is 9.53 Å². The van der Waals surface area contributed by atoms with Crippen LogP contribution >= 0.6 is 23.2 Å². The minimum Gasteiger partial charge on any atom is -0.512 e. The first-order valence-corrected chi connectivity index (χ1v) is 7.40. The number of benzene rings is 1. The number of esters is 1. The summed E-state index contributed by atoms with van der Waals surface area (Å²) in [6, 6.07) is 2.95. The van der Waals surface area contributed by atoms with Gasteiger partial charge in [-0.3, -0.25) is 9.79 Å². The van der Waals surface area contributed by atoms with E-state index in [1.807, 2.05) is 0 Å². The molecule has 1 aromatic carbocycles. The van der Waals surface area contributed by atoms with E-state index in [9.17, 15) is 14.7 Å². The molecule has 0 heterocycles. The topological polar surface area (TPSA) is 88.0 Å². The summed E-state index contributed by atoms with van der Waals surface area (Å²) in [6.07, 6.45) is 1.12. The number of nitrogens with one attached hydrogen (secondary N) is 1. The van der Waals surface area contributed by atoms with Gasteiger partial charge in [-0.1, -0.05) is 23.2 Å². The lowest BCUT2D eigenvalue weighted by Gasteiger charge is -2.08. The predicted molar refractivity (Wildman–Crippen MR) is 90.0 cm³/mol. The second-order valence-corrected chi connectivity index (χ2v) is 5.10. The first kappa shape index (κ1) is 19.0. The highest BCUT2D eigenvalue weighted by Crippen LogP contribution is 2.33. The maximum absolute atomic E-state index is 11.8. The molecule has 1 aromatic rings. The molecule has 1 rings (SSSR count). The number of carbonyl (C=O) groups is 2. The lowest BCUT2D eigenvalue weighted by atomic mass is 10.2. The van der Waals surface area contributed by atoms with E-state index in [0.29, 0.717) is 0 Å². The van der Waals surface area contributed by atoms with Crippen LogP contribution in [0.15, 0.2) is 28.5 Å². The molecule has 1 amide bonds. The van der Waals surface area contributed by atoms with Crippen molar-refractivity contribution in [3.05, 3.63) is 39.1 Å². The number of nitrogens with zero attached hydrogens (tertiary/aromatic N) is 1. The van der Waals surface area contributed by atoms with Crippen LogP contribution in [0.25, 0.3) is 0 Å². The molecule has 0 saturated heterocycles. The van der Waals surface area contributed by atoms with E-state index in [1.165, 1.54) is 26.1 Å². The molecule has 8 heteroatoms. The number of aliphatic imine (C=N–C) groups is 1. The summed E-state index contributed by atoms with van der Waals surface area (Å²) in [5.41, 5.74) is 0.185. The number of aliphatic hydroxyl groups is 1. The number of hydrogen-bond acceptors (Lipinski definition) is 5. The highest BCUT2D eigenvalue weighted by Gasteiger charge is 2.17. The molecule has 6 nitrogen and oxygen atoms in total. The van der Waals surface area contributed by atoms with Gasteiger partial charge in [0.25, 0.3) is 5.91 Å². The van der Waals surface area contributed by atoms with Gasteiger partial charge >= 0.3 is 5.97 Å². The average Bonchev–Trinajstić information content (AvgIpc) is 2.49. The fourth-order valence-electron chi connectivity index (χ4n) is 1.61. The van der Waals surface area contributed by atoms with Gasteiger partial charge in [-0.2, -0.15) is 0 Å². The Kier molecular flexibility index (Phi) is 7.06. The number of carbonyl (C=O) groups excluding carboxylic acids is 2. The lowest BCUT2D eigenvalue weighted by Crippen LogP contribution is -2.18. The number of rotatable bonds is 5. The van der Waals surface area contributed by atoms with E-state index >= 15 is 0 Å². The van der Waals surface area contributed by atoms with Gasteiger partial charge in [0.05, 0.1) is 27.9 Å². The molecule has 0 bridgehead atoms. The average molecular weight is 359 g/mol. The Morgan fingerprint density at radius 3 is 2.57 bits per heavy atom. The highest BCUT2D eigenvalue weighted by atomic mass is 35.5. The molecular weight excluding hydrogens is 343 g/mol. The Balaban J connectivity index is 3.26. The second-order valence-electron chi connectivity index (χ2n) is 4.31. The maximum Gasteiger partial charge on any atom is 0.343 e. The number of allylic oxidation sites excluding steroid dienone is 1. The Hall–Kier alpha value is -2.05. The minimum atomic E-state index is -0.715. The maximum atomic E-state index is 11.8. The summed E-state index contributed by atoms with van der Waals surface area (Å²) in [7, 11) is 1.45. The zero-order chi connectivity index (χ0) is 17.6. The fourth-order valence-corrected chi connectivity index (χ4v) is 2.20. The van der Waals surface area contributed by atoms with Crippen molar-refractivity contribution in [1.82, 2.24) is 5.32 Å². The highest BCUT2D eigenvalue weighted by molar-refractivity contribution is 6.41. The van der Waals surface area contributed by atoms with Gasteiger partial charge in [-0.15, -0.1) is 0 Å². The van der Waals surface area contributed by atoms with Crippen LogP contribution in [0.1, 0.15) is 24.2 Å². The van der Waals surface area contributed by atoms with Crippen LogP contribution in [0.2, 0.25) is 10.0 Å². The number of amides is 1.